The van der Waals surface area contributed by atoms with E-state index < -0.39 is 0 Å². The number of methoxy groups -OCH3 is 2. The van der Waals surface area contributed by atoms with Gasteiger partial charge in [-0.15, -0.1) is 0 Å². The summed E-state index contributed by atoms with van der Waals surface area (Å²) in [5.41, 5.74) is -0.225. The number of hydrogen-bond acceptors (Lipinski definition) is 4. The number of benzene rings is 1. The number of phenolic OH excluding ortho intramolecular Hbond substituents is 1. The third-order valence-electron chi connectivity index (χ3n) is 2.69. The topological polar surface area (TPSA) is 60.7 Å². The summed E-state index contributed by atoms with van der Waals surface area (Å²) in [5, 5.41) is 10.9. The minimum atomic E-state index is -0.225. The van der Waals surface area contributed by atoms with Crippen molar-refractivity contribution in [2.45, 2.75) is 0 Å². The van der Waals surface area contributed by atoms with Crippen LogP contribution in [0.25, 0.3) is 10.8 Å². The average molecular weight is 235 g/mol. The molecule has 5 heteroatoms. The van der Waals surface area contributed by atoms with Gasteiger partial charge in [-0.1, -0.05) is 0 Å². The molecule has 1 aromatic carbocycles. The Morgan fingerprint density at radius 2 is 2.00 bits per heavy atom. The lowest BCUT2D eigenvalue weighted by Crippen LogP contribution is -2.16. The first-order chi connectivity index (χ1) is 8.10. The van der Waals surface area contributed by atoms with Crippen molar-refractivity contribution in [3.05, 3.63) is 28.7 Å². The van der Waals surface area contributed by atoms with Crippen LogP contribution in [-0.4, -0.2) is 23.9 Å². The second-order valence-electron chi connectivity index (χ2n) is 3.66. The third kappa shape index (κ3) is 1.60. The van der Waals surface area contributed by atoms with Gasteiger partial charge in [-0.2, -0.15) is 0 Å². The molecule has 0 fully saturated rings. The Bertz CT molecular complexity index is 630. The number of hydrogen-bond donors (Lipinski definition) is 1. The summed E-state index contributed by atoms with van der Waals surface area (Å²) in [6.07, 6.45) is 1.65. The smallest absolute Gasteiger partial charge is 0.262 e. The second-order valence-corrected chi connectivity index (χ2v) is 3.66. The maximum absolute atomic E-state index is 12.0. The molecule has 1 N–H and O–H groups in total. The van der Waals surface area contributed by atoms with Crippen LogP contribution in [0.15, 0.2) is 23.1 Å². The van der Waals surface area contributed by atoms with E-state index in [2.05, 4.69) is 0 Å². The van der Waals surface area contributed by atoms with E-state index in [-0.39, 0.29) is 22.8 Å². The number of rotatable bonds is 2. The van der Waals surface area contributed by atoms with Gasteiger partial charge in [0.15, 0.2) is 11.5 Å². The average Bonchev–Trinajstić information content (AvgIpc) is 2.34. The van der Waals surface area contributed by atoms with Crippen LogP contribution in [0.4, 0.5) is 0 Å². The van der Waals surface area contributed by atoms with Gasteiger partial charge in [-0.25, -0.2) is 0 Å². The van der Waals surface area contributed by atoms with Crippen molar-refractivity contribution in [2.75, 3.05) is 14.2 Å². The minimum absolute atomic E-state index is 0.139. The van der Waals surface area contributed by atoms with E-state index in [1.165, 1.54) is 18.8 Å². The van der Waals surface area contributed by atoms with E-state index >= 15 is 0 Å². The van der Waals surface area contributed by atoms with Crippen LogP contribution in [-0.2, 0) is 7.05 Å². The molecule has 5 nitrogen and oxygen atoms in total. The van der Waals surface area contributed by atoms with Gasteiger partial charge in [-0.05, 0) is 17.5 Å². The molecule has 1 aromatic heterocycles. The van der Waals surface area contributed by atoms with Crippen LogP contribution in [0.1, 0.15) is 0 Å². The van der Waals surface area contributed by atoms with Crippen molar-refractivity contribution < 1.29 is 14.6 Å². The van der Waals surface area contributed by atoms with Gasteiger partial charge in [0.25, 0.3) is 5.56 Å². The van der Waals surface area contributed by atoms with Gasteiger partial charge in [0.05, 0.1) is 19.6 Å². The molecule has 0 aliphatic heterocycles. The van der Waals surface area contributed by atoms with Crippen LogP contribution >= 0.6 is 0 Å². The number of fused-ring (bicyclic) bond motifs is 1. The summed E-state index contributed by atoms with van der Waals surface area (Å²) in [6.45, 7) is 0. The van der Waals surface area contributed by atoms with Gasteiger partial charge in [0.2, 0.25) is 5.75 Å². The molecular formula is C12H13NO4. The molecule has 0 aliphatic carbocycles. The van der Waals surface area contributed by atoms with Gasteiger partial charge < -0.3 is 19.1 Å². The number of phenols is 1. The molecule has 0 spiro atoms. The van der Waals surface area contributed by atoms with Crippen molar-refractivity contribution in [3.8, 4) is 17.2 Å². The first-order valence-electron chi connectivity index (χ1n) is 5.03. The van der Waals surface area contributed by atoms with Crippen molar-refractivity contribution in [2.24, 2.45) is 7.05 Å². The maximum atomic E-state index is 12.0. The van der Waals surface area contributed by atoms with E-state index in [0.717, 1.165) is 0 Å². The quantitative estimate of drug-likeness (QED) is 0.851. The second kappa shape index (κ2) is 4.01. The Hall–Kier alpha value is -2.17. The molecule has 17 heavy (non-hydrogen) atoms. The third-order valence-corrected chi connectivity index (χ3v) is 2.69. The van der Waals surface area contributed by atoms with E-state index in [4.69, 9.17) is 9.47 Å². The van der Waals surface area contributed by atoms with E-state index in [0.29, 0.717) is 10.8 Å². The molecule has 90 valence electrons. The Morgan fingerprint density at radius 3 is 2.59 bits per heavy atom. The molecule has 0 aliphatic rings. The predicted molar refractivity (Wildman–Crippen MR) is 64.0 cm³/mol. The van der Waals surface area contributed by atoms with Gasteiger partial charge in [0.1, 0.15) is 0 Å². The van der Waals surface area contributed by atoms with Gasteiger partial charge >= 0.3 is 0 Å². The maximum Gasteiger partial charge on any atom is 0.262 e. The lowest BCUT2D eigenvalue weighted by molar-refractivity contribution is 0.343. The predicted octanol–water partition coefficient (Wildman–Crippen LogP) is 1.26. The Balaban J connectivity index is 2.99. The molecule has 0 atom stereocenters. The number of ether oxygens (including phenoxy) is 2. The van der Waals surface area contributed by atoms with E-state index in [9.17, 15) is 9.90 Å². The summed E-state index contributed by atoms with van der Waals surface area (Å²) < 4.78 is 11.5. The van der Waals surface area contributed by atoms with Crippen LogP contribution in [0.5, 0.6) is 17.2 Å². The lowest BCUT2D eigenvalue weighted by atomic mass is 10.1. The fourth-order valence-electron chi connectivity index (χ4n) is 1.79. The summed E-state index contributed by atoms with van der Waals surface area (Å²) >= 11 is 0. The first-order valence-corrected chi connectivity index (χ1v) is 5.03. The molecule has 0 unspecified atom stereocenters. The standard InChI is InChI=1S/C12H13NO4/c1-13-5-4-7-6-8(16-2)10(14)11(17-3)9(7)12(13)15/h4-6,14H,1-3H3. The molecular weight excluding hydrogens is 222 g/mol. The number of aryl methyl sites for hydroxylation is 1. The molecule has 1 heterocycles. The molecule has 0 bridgehead atoms. The van der Waals surface area contributed by atoms with E-state index in [1.54, 1.807) is 25.4 Å². The van der Waals surface area contributed by atoms with Crippen molar-refractivity contribution in [1.82, 2.24) is 4.57 Å². The van der Waals surface area contributed by atoms with Crippen LogP contribution in [0, 0.1) is 0 Å². The molecule has 0 amide bonds. The molecule has 0 radical (unpaired) electrons. The van der Waals surface area contributed by atoms with Crippen molar-refractivity contribution in [1.29, 1.82) is 0 Å². The zero-order valence-electron chi connectivity index (χ0n) is 9.85. The molecule has 0 saturated heterocycles. The molecule has 2 aromatic rings. The summed E-state index contributed by atoms with van der Waals surface area (Å²) in [7, 11) is 4.49. The number of nitrogens with zero attached hydrogens (tertiary/aromatic N) is 1. The van der Waals surface area contributed by atoms with Gasteiger partial charge in [-0.3, -0.25) is 4.79 Å². The number of aromatic hydroxyl groups is 1. The van der Waals surface area contributed by atoms with Crippen LogP contribution < -0.4 is 15.0 Å². The first kappa shape index (κ1) is 11.3. The minimum Gasteiger partial charge on any atom is -0.502 e. The fraction of sp³-hybridized carbons (Fsp3) is 0.250. The number of pyridine rings is 1. The highest BCUT2D eigenvalue weighted by Gasteiger charge is 2.16. The molecule has 2 rings (SSSR count). The van der Waals surface area contributed by atoms with Gasteiger partial charge in [0, 0.05) is 13.2 Å². The highest BCUT2D eigenvalue weighted by molar-refractivity contribution is 5.92. The zero-order chi connectivity index (χ0) is 12.6. The fourth-order valence-corrected chi connectivity index (χ4v) is 1.79. The Kier molecular flexibility index (Phi) is 2.67. The van der Waals surface area contributed by atoms with E-state index in [1.807, 2.05) is 0 Å². The largest absolute Gasteiger partial charge is 0.502 e. The van der Waals surface area contributed by atoms with Crippen LogP contribution in [0.3, 0.4) is 0 Å². The highest BCUT2D eigenvalue weighted by atomic mass is 16.5. The Morgan fingerprint density at radius 1 is 1.29 bits per heavy atom. The van der Waals surface area contributed by atoms with Crippen molar-refractivity contribution >= 4 is 10.8 Å². The van der Waals surface area contributed by atoms with Crippen LogP contribution in [0.2, 0.25) is 0 Å². The van der Waals surface area contributed by atoms with Crippen molar-refractivity contribution in [3.63, 3.8) is 0 Å². The molecule has 0 saturated carbocycles. The zero-order valence-corrected chi connectivity index (χ0v) is 9.85. The monoisotopic (exact) mass is 235 g/mol. The summed E-state index contributed by atoms with van der Waals surface area (Å²) in [4.78, 5) is 12.0. The number of aromatic nitrogens is 1. The lowest BCUT2D eigenvalue weighted by Gasteiger charge is -2.11. The highest BCUT2D eigenvalue weighted by Crippen LogP contribution is 2.40. The summed E-state index contributed by atoms with van der Waals surface area (Å²) in [6, 6.07) is 3.37. The normalized spacial score (nSPS) is 10.5. The summed E-state index contributed by atoms with van der Waals surface area (Å²) in [5.74, 6) is 0.258. The Labute approximate surface area is 97.8 Å². The SMILES string of the molecule is COc1cc2ccn(C)c(=O)c2c(OC)c1O.